The summed E-state index contributed by atoms with van der Waals surface area (Å²) in [4.78, 5) is 0. The molecule has 0 saturated carbocycles. The standard InChI is InChI=1S/C8H17NO4/c1-7(2)8(9,12-5-3-10)13-6-4-11/h10-11H,1,3-6,9H2,2H3. The summed E-state index contributed by atoms with van der Waals surface area (Å²) >= 11 is 0. The van der Waals surface area contributed by atoms with Gasteiger partial charge in [0.2, 0.25) is 5.91 Å². The first-order chi connectivity index (χ1) is 6.06. The third-order valence-electron chi connectivity index (χ3n) is 1.41. The van der Waals surface area contributed by atoms with Gasteiger partial charge < -0.3 is 19.7 Å². The largest absolute Gasteiger partial charge is 0.394 e. The van der Waals surface area contributed by atoms with Crippen molar-refractivity contribution in [3.63, 3.8) is 0 Å². The summed E-state index contributed by atoms with van der Waals surface area (Å²) in [6.45, 7) is 5.08. The van der Waals surface area contributed by atoms with Crippen molar-refractivity contribution in [1.82, 2.24) is 0 Å². The number of rotatable bonds is 7. The van der Waals surface area contributed by atoms with Crippen molar-refractivity contribution in [1.29, 1.82) is 0 Å². The highest BCUT2D eigenvalue weighted by Gasteiger charge is 2.27. The molecule has 0 aliphatic carbocycles. The van der Waals surface area contributed by atoms with Crippen LogP contribution in [-0.4, -0.2) is 42.6 Å². The summed E-state index contributed by atoms with van der Waals surface area (Å²) in [6, 6.07) is 0. The normalized spacial score (nSPS) is 11.7. The molecule has 78 valence electrons. The molecule has 4 N–H and O–H groups in total. The molecule has 0 aliphatic heterocycles. The van der Waals surface area contributed by atoms with Gasteiger partial charge in [-0.15, -0.1) is 0 Å². The molecule has 0 aromatic heterocycles. The van der Waals surface area contributed by atoms with E-state index in [2.05, 4.69) is 6.58 Å². The maximum absolute atomic E-state index is 8.52. The zero-order valence-electron chi connectivity index (χ0n) is 7.82. The van der Waals surface area contributed by atoms with E-state index in [0.29, 0.717) is 5.57 Å². The van der Waals surface area contributed by atoms with Gasteiger partial charge in [0.1, 0.15) is 0 Å². The van der Waals surface area contributed by atoms with Gasteiger partial charge in [0.15, 0.2) is 0 Å². The maximum Gasteiger partial charge on any atom is 0.248 e. The van der Waals surface area contributed by atoms with Gasteiger partial charge in [-0.3, -0.25) is 5.73 Å². The Balaban J connectivity index is 4.08. The van der Waals surface area contributed by atoms with E-state index < -0.39 is 5.91 Å². The predicted octanol–water partition coefficient (Wildman–Crippen LogP) is -0.807. The van der Waals surface area contributed by atoms with E-state index in [0.717, 1.165) is 0 Å². The first-order valence-electron chi connectivity index (χ1n) is 4.01. The summed E-state index contributed by atoms with van der Waals surface area (Å²) in [5.74, 6) is -1.41. The van der Waals surface area contributed by atoms with Crippen molar-refractivity contribution in [2.75, 3.05) is 26.4 Å². The summed E-state index contributed by atoms with van der Waals surface area (Å²) in [5, 5.41) is 17.0. The topological polar surface area (TPSA) is 84.9 Å². The Morgan fingerprint density at radius 1 is 1.31 bits per heavy atom. The molecule has 13 heavy (non-hydrogen) atoms. The fourth-order valence-electron chi connectivity index (χ4n) is 0.683. The fraction of sp³-hybridized carbons (Fsp3) is 0.750. The van der Waals surface area contributed by atoms with Crippen LogP contribution in [0.1, 0.15) is 6.92 Å². The molecule has 0 bridgehead atoms. The molecule has 0 spiro atoms. The van der Waals surface area contributed by atoms with Crippen LogP contribution >= 0.6 is 0 Å². The van der Waals surface area contributed by atoms with Crippen molar-refractivity contribution in [2.45, 2.75) is 12.8 Å². The van der Waals surface area contributed by atoms with Gasteiger partial charge in [-0.2, -0.15) is 0 Å². The Morgan fingerprint density at radius 3 is 1.92 bits per heavy atom. The molecular formula is C8H17NO4. The number of ether oxygens (including phenoxy) is 2. The molecule has 5 nitrogen and oxygen atoms in total. The predicted molar refractivity (Wildman–Crippen MR) is 47.8 cm³/mol. The van der Waals surface area contributed by atoms with Crippen LogP contribution in [0.25, 0.3) is 0 Å². The van der Waals surface area contributed by atoms with Gasteiger partial charge in [0, 0.05) is 0 Å². The Morgan fingerprint density at radius 2 is 1.69 bits per heavy atom. The van der Waals surface area contributed by atoms with E-state index in [1.54, 1.807) is 6.92 Å². The van der Waals surface area contributed by atoms with Crippen LogP contribution in [0.3, 0.4) is 0 Å². The van der Waals surface area contributed by atoms with Crippen LogP contribution in [0.5, 0.6) is 0 Å². The van der Waals surface area contributed by atoms with Gasteiger partial charge in [0.05, 0.1) is 26.4 Å². The molecule has 0 amide bonds. The van der Waals surface area contributed by atoms with Crippen molar-refractivity contribution in [2.24, 2.45) is 5.73 Å². The van der Waals surface area contributed by atoms with Crippen LogP contribution in [0, 0.1) is 0 Å². The highest BCUT2D eigenvalue weighted by Crippen LogP contribution is 2.14. The first kappa shape index (κ1) is 12.5. The Hall–Kier alpha value is -0.460. The smallest absolute Gasteiger partial charge is 0.248 e. The minimum atomic E-state index is -1.41. The number of aliphatic hydroxyl groups excluding tert-OH is 2. The number of hydrogen-bond donors (Lipinski definition) is 3. The molecule has 0 rings (SSSR count). The van der Waals surface area contributed by atoms with Gasteiger partial charge in [-0.1, -0.05) is 6.58 Å². The average Bonchev–Trinajstić information content (AvgIpc) is 2.11. The van der Waals surface area contributed by atoms with E-state index in [9.17, 15) is 0 Å². The van der Waals surface area contributed by atoms with Crippen LogP contribution in [0.4, 0.5) is 0 Å². The minimum Gasteiger partial charge on any atom is -0.394 e. The lowest BCUT2D eigenvalue weighted by Crippen LogP contribution is -2.47. The lowest BCUT2D eigenvalue weighted by molar-refractivity contribution is -0.214. The first-order valence-corrected chi connectivity index (χ1v) is 4.01. The molecule has 0 radical (unpaired) electrons. The minimum absolute atomic E-state index is 0.0643. The molecule has 0 aromatic rings. The van der Waals surface area contributed by atoms with Crippen molar-refractivity contribution < 1.29 is 19.7 Å². The lowest BCUT2D eigenvalue weighted by Gasteiger charge is -2.29. The molecule has 0 saturated heterocycles. The highest BCUT2D eigenvalue weighted by molar-refractivity contribution is 5.01. The van der Waals surface area contributed by atoms with Crippen molar-refractivity contribution >= 4 is 0 Å². The Labute approximate surface area is 77.8 Å². The van der Waals surface area contributed by atoms with Crippen LogP contribution < -0.4 is 5.73 Å². The summed E-state index contributed by atoms with van der Waals surface area (Å²) < 4.78 is 10.1. The number of hydrogen-bond acceptors (Lipinski definition) is 5. The fourth-order valence-corrected chi connectivity index (χ4v) is 0.683. The molecule has 0 heterocycles. The zero-order chi connectivity index (χ0) is 10.3. The SMILES string of the molecule is C=C(C)C(N)(OCCO)OCCO. The zero-order valence-corrected chi connectivity index (χ0v) is 7.82. The van der Waals surface area contributed by atoms with E-state index >= 15 is 0 Å². The summed E-state index contributed by atoms with van der Waals surface area (Å²) in [7, 11) is 0. The van der Waals surface area contributed by atoms with E-state index in [-0.39, 0.29) is 26.4 Å². The molecule has 0 fully saturated rings. The lowest BCUT2D eigenvalue weighted by atomic mass is 10.2. The summed E-state index contributed by atoms with van der Waals surface area (Å²) in [6.07, 6.45) is 0. The average molecular weight is 191 g/mol. The highest BCUT2D eigenvalue weighted by atomic mass is 16.7. The molecule has 5 heteroatoms. The van der Waals surface area contributed by atoms with Gasteiger partial charge in [-0.25, -0.2) is 0 Å². The van der Waals surface area contributed by atoms with Crippen LogP contribution in [0.2, 0.25) is 0 Å². The van der Waals surface area contributed by atoms with Gasteiger partial charge in [-0.05, 0) is 12.5 Å². The molecular weight excluding hydrogens is 174 g/mol. The molecule has 0 aliphatic rings. The third-order valence-corrected chi connectivity index (χ3v) is 1.41. The summed E-state index contributed by atoms with van der Waals surface area (Å²) in [5.41, 5.74) is 6.13. The maximum atomic E-state index is 8.52. The van der Waals surface area contributed by atoms with Crippen LogP contribution in [0.15, 0.2) is 12.2 Å². The molecule has 0 unspecified atom stereocenters. The van der Waals surface area contributed by atoms with E-state index in [1.807, 2.05) is 0 Å². The quantitative estimate of drug-likeness (QED) is 0.362. The number of aliphatic hydroxyl groups is 2. The third kappa shape index (κ3) is 4.35. The van der Waals surface area contributed by atoms with Crippen LogP contribution in [-0.2, 0) is 9.47 Å². The second-order valence-corrected chi connectivity index (χ2v) is 2.59. The van der Waals surface area contributed by atoms with E-state index in [1.165, 1.54) is 0 Å². The second kappa shape index (κ2) is 6.06. The van der Waals surface area contributed by atoms with E-state index in [4.69, 9.17) is 25.4 Å². The monoisotopic (exact) mass is 191 g/mol. The Bertz CT molecular complexity index is 152. The number of nitrogens with two attached hydrogens (primary N) is 1. The van der Waals surface area contributed by atoms with Gasteiger partial charge in [0.25, 0.3) is 0 Å². The van der Waals surface area contributed by atoms with Gasteiger partial charge >= 0.3 is 0 Å². The second-order valence-electron chi connectivity index (χ2n) is 2.59. The Kier molecular flexibility index (Phi) is 5.85. The molecule has 0 aromatic carbocycles. The molecule has 0 atom stereocenters. The van der Waals surface area contributed by atoms with Crippen molar-refractivity contribution in [3.05, 3.63) is 12.2 Å². The van der Waals surface area contributed by atoms with Crippen molar-refractivity contribution in [3.8, 4) is 0 Å².